The number of hydrogen-bond acceptors (Lipinski definition) is 2. The maximum absolute atomic E-state index is 12.2. The number of carbonyl (C=O) groups excluding carboxylic acids is 2. The van der Waals surface area contributed by atoms with E-state index in [4.69, 9.17) is 28.9 Å². The first-order valence-corrected chi connectivity index (χ1v) is 8.02. The van der Waals surface area contributed by atoms with E-state index in [1.165, 1.54) is 0 Å². The van der Waals surface area contributed by atoms with Crippen LogP contribution in [-0.2, 0) is 11.3 Å². The van der Waals surface area contributed by atoms with Crippen molar-refractivity contribution >= 4 is 45.8 Å². The lowest BCUT2D eigenvalue weighted by Crippen LogP contribution is -2.23. The van der Waals surface area contributed by atoms with Crippen molar-refractivity contribution in [1.82, 2.24) is 4.57 Å². The highest BCUT2D eigenvalue weighted by molar-refractivity contribution is 6.45. The Kier molecular flexibility index (Phi) is 4.35. The number of nitrogens with zero attached hydrogens (tertiary/aromatic N) is 1. The summed E-state index contributed by atoms with van der Waals surface area (Å²) in [4.78, 5) is 23.6. The molecule has 3 rings (SSSR count). The molecule has 0 spiro atoms. The zero-order valence-electron chi connectivity index (χ0n) is 12.8. The Morgan fingerprint density at radius 3 is 2.29 bits per heavy atom. The van der Waals surface area contributed by atoms with Crippen molar-refractivity contribution in [2.24, 2.45) is 5.73 Å². The Bertz CT molecular complexity index is 956. The third-order valence-electron chi connectivity index (χ3n) is 4.06. The Labute approximate surface area is 148 Å². The molecule has 3 aromatic rings. The van der Waals surface area contributed by atoms with Crippen molar-refractivity contribution in [3.05, 3.63) is 69.3 Å². The van der Waals surface area contributed by atoms with Gasteiger partial charge in [-0.15, -0.1) is 0 Å². The molecule has 24 heavy (non-hydrogen) atoms. The van der Waals surface area contributed by atoms with Gasteiger partial charge in [0, 0.05) is 32.2 Å². The summed E-state index contributed by atoms with van der Waals surface area (Å²) in [6, 6.07) is 12.7. The van der Waals surface area contributed by atoms with Gasteiger partial charge in [0.05, 0.1) is 12.1 Å². The predicted octanol–water partition coefficient (Wildman–Crippen LogP) is 3.97. The molecule has 0 unspecified atom stereocenters. The molecule has 0 fully saturated rings. The molecule has 1 heterocycles. The molecular weight excluding hydrogens is 347 g/mol. The summed E-state index contributed by atoms with van der Waals surface area (Å²) in [5.74, 6) is -1.68. The Morgan fingerprint density at radius 2 is 1.67 bits per heavy atom. The van der Waals surface area contributed by atoms with Gasteiger partial charge in [-0.1, -0.05) is 47.5 Å². The quantitative estimate of drug-likeness (QED) is 0.564. The monoisotopic (exact) mass is 360 g/mol. The van der Waals surface area contributed by atoms with E-state index in [1.807, 2.05) is 22.8 Å². The average molecular weight is 361 g/mol. The van der Waals surface area contributed by atoms with Crippen LogP contribution < -0.4 is 5.73 Å². The smallest absolute Gasteiger partial charge is 0.289 e. The lowest BCUT2D eigenvalue weighted by Gasteiger charge is -2.12. The number of primary amides is 1. The second-order valence-electron chi connectivity index (χ2n) is 5.46. The van der Waals surface area contributed by atoms with Crippen LogP contribution in [0, 0.1) is 6.92 Å². The molecule has 1 amide bonds. The van der Waals surface area contributed by atoms with Crippen molar-refractivity contribution in [2.75, 3.05) is 0 Å². The molecule has 0 saturated heterocycles. The minimum Gasteiger partial charge on any atom is -0.363 e. The van der Waals surface area contributed by atoms with Crippen LogP contribution in [0.1, 0.15) is 21.6 Å². The fraction of sp³-hybridized carbons (Fsp3) is 0.111. The molecule has 0 bridgehead atoms. The van der Waals surface area contributed by atoms with Crippen molar-refractivity contribution in [3.63, 3.8) is 0 Å². The Balaban J connectivity index is 2.24. The number of rotatable bonds is 4. The van der Waals surface area contributed by atoms with Gasteiger partial charge in [-0.05, 0) is 25.1 Å². The van der Waals surface area contributed by atoms with Gasteiger partial charge in [-0.3, -0.25) is 9.59 Å². The van der Waals surface area contributed by atoms with Gasteiger partial charge in [0.2, 0.25) is 0 Å². The van der Waals surface area contributed by atoms with E-state index in [2.05, 4.69) is 0 Å². The van der Waals surface area contributed by atoms with E-state index >= 15 is 0 Å². The minimum absolute atomic E-state index is 0.321. The SMILES string of the molecule is Cc1c(C(=O)C(N)=O)c2ccccc2n1Cc1c(Cl)cccc1Cl. The minimum atomic E-state index is -0.975. The molecule has 0 aliphatic carbocycles. The molecular formula is C18H14Cl2N2O2. The first kappa shape index (κ1) is 16.6. The van der Waals surface area contributed by atoms with Crippen LogP contribution in [0.25, 0.3) is 10.9 Å². The van der Waals surface area contributed by atoms with Crippen molar-refractivity contribution in [2.45, 2.75) is 13.5 Å². The van der Waals surface area contributed by atoms with Gasteiger partial charge in [0.15, 0.2) is 0 Å². The largest absolute Gasteiger partial charge is 0.363 e. The lowest BCUT2D eigenvalue weighted by molar-refractivity contribution is -0.114. The maximum atomic E-state index is 12.2. The van der Waals surface area contributed by atoms with E-state index in [0.717, 1.165) is 11.1 Å². The summed E-state index contributed by atoms with van der Waals surface area (Å²) in [5, 5.41) is 1.77. The Morgan fingerprint density at radius 1 is 1.04 bits per heavy atom. The standard InChI is InChI=1S/C18H14Cl2N2O2/c1-10-16(17(23)18(21)24)11-5-2-3-8-15(11)22(10)9-12-13(19)6-4-7-14(12)20/h2-8H,9H2,1H3,(H2,21,24). The van der Waals surface area contributed by atoms with Crippen LogP contribution in [0.5, 0.6) is 0 Å². The first-order chi connectivity index (χ1) is 11.4. The number of aromatic nitrogens is 1. The summed E-state index contributed by atoms with van der Waals surface area (Å²) in [6.07, 6.45) is 0. The highest BCUT2D eigenvalue weighted by Crippen LogP contribution is 2.31. The molecule has 0 saturated carbocycles. The summed E-state index contributed by atoms with van der Waals surface area (Å²) in [7, 11) is 0. The summed E-state index contributed by atoms with van der Waals surface area (Å²) >= 11 is 12.5. The van der Waals surface area contributed by atoms with Crippen LogP contribution in [0.2, 0.25) is 10.0 Å². The summed E-state index contributed by atoms with van der Waals surface area (Å²) < 4.78 is 1.92. The van der Waals surface area contributed by atoms with E-state index in [0.29, 0.717) is 33.2 Å². The maximum Gasteiger partial charge on any atom is 0.289 e. The van der Waals surface area contributed by atoms with Crippen LogP contribution in [0.3, 0.4) is 0 Å². The highest BCUT2D eigenvalue weighted by atomic mass is 35.5. The molecule has 0 aliphatic rings. The Hall–Kier alpha value is -2.30. The van der Waals surface area contributed by atoms with Gasteiger partial charge in [-0.2, -0.15) is 0 Å². The molecule has 1 aromatic heterocycles. The molecule has 0 atom stereocenters. The second-order valence-corrected chi connectivity index (χ2v) is 6.27. The first-order valence-electron chi connectivity index (χ1n) is 7.26. The third kappa shape index (κ3) is 2.68. The second kappa shape index (κ2) is 6.30. The molecule has 0 radical (unpaired) electrons. The summed E-state index contributed by atoms with van der Waals surface area (Å²) in [5.41, 5.74) is 7.74. The van der Waals surface area contributed by atoms with Crippen molar-refractivity contribution in [1.29, 1.82) is 0 Å². The number of amides is 1. The predicted molar refractivity (Wildman–Crippen MR) is 95.8 cm³/mol. The number of hydrogen-bond donors (Lipinski definition) is 1. The van der Waals surface area contributed by atoms with E-state index < -0.39 is 11.7 Å². The van der Waals surface area contributed by atoms with Crippen LogP contribution >= 0.6 is 23.2 Å². The fourth-order valence-corrected chi connectivity index (χ4v) is 3.40. The zero-order valence-corrected chi connectivity index (χ0v) is 14.4. The van der Waals surface area contributed by atoms with Gasteiger partial charge in [-0.25, -0.2) is 0 Å². The van der Waals surface area contributed by atoms with Crippen LogP contribution in [0.15, 0.2) is 42.5 Å². The van der Waals surface area contributed by atoms with Crippen LogP contribution in [0.4, 0.5) is 0 Å². The van der Waals surface area contributed by atoms with Gasteiger partial charge >= 0.3 is 0 Å². The van der Waals surface area contributed by atoms with E-state index in [-0.39, 0.29) is 0 Å². The molecule has 6 heteroatoms. The molecule has 2 N–H and O–H groups in total. The third-order valence-corrected chi connectivity index (χ3v) is 4.77. The molecule has 122 valence electrons. The van der Waals surface area contributed by atoms with Crippen LogP contribution in [-0.4, -0.2) is 16.3 Å². The van der Waals surface area contributed by atoms with E-state index in [1.54, 1.807) is 31.2 Å². The highest BCUT2D eigenvalue weighted by Gasteiger charge is 2.23. The normalized spacial score (nSPS) is 11.0. The topological polar surface area (TPSA) is 65.1 Å². The van der Waals surface area contributed by atoms with Crippen molar-refractivity contribution in [3.8, 4) is 0 Å². The molecule has 4 nitrogen and oxygen atoms in total. The molecule has 2 aromatic carbocycles. The number of Topliss-reactive ketones (excluding diaryl/α,β-unsaturated/α-hetero) is 1. The average Bonchev–Trinajstić information content (AvgIpc) is 2.82. The fourth-order valence-electron chi connectivity index (χ4n) is 2.89. The number of ketones is 1. The van der Waals surface area contributed by atoms with Gasteiger partial charge in [0.1, 0.15) is 0 Å². The number of carbonyl (C=O) groups is 2. The lowest BCUT2D eigenvalue weighted by atomic mass is 10.1. The van der Waals surface area contributed by atoms with Gasteiger partial charge in [0.25, 0.3) is 11.7 Å². The zero-order chi connectivity index (χ0) is 17.4. The number of benzene rings is 2. The molecule has 0 aliphatic heterocycles. The number of nitrogens with two attached hydrogens (primary N) is 1. The number of para-hydroxylation sites is 1. The summed E-state index contributed by atoms with van der Waals surface area (Å²) in [6.45, 7) is 2.16. The van der Waals surface area contributed by atoms with Gasteiger partial charge < -0.3 is 10.3 Å². The number of halogens is 2. The van der Waals surface area contributed by atoms with E-state index in [9.17, 15) is 9.59 Å². The van der Waals surface area contributed by atoms with Crippen molar-refractivity contribution < 1.29 is 9.59 Å². The number of fused-ring (bicyclic) bond motifs is 1.